The molecule has 0 fully saturated rings. The third kappa shape index (κ3) is 6.73. The molecule has 0 aliphatic rings. The second-order valence-corrected chi connectivity index (χ2v) is 15.7. The van der Waals surface area contributed by atoms with Crippen LogP contribution in [-0.2, 0) is 0 Å². The molecule has 0 spiro atoms. The monoisotopic (exact) mass is 794 g/mol. The molecule has 0 amide bonds. The molecule has 8 aromatic carbocycles. The third-order valence-electron chi connectivity index (χ3n) is 12.1. The molecule has 10 aromatic rings. The van der Waals surface area contributed by atoms with Crippen molar-refractivity contribution in [2.75, 3.05) is 0 Å². The predicted octanol–water partition coefficient (Wildman–Crippen LogP) is 16.6. The van der Waals surface area contributed by atoms with Crippen LogP contribution in [0.5, 0.6) is 0 Å². The lowest BCUT2D eigenvalue weighted by Crippen LogP contribution is -1.98. The first kappa shape index (κ1) is 38.3. The molecule has 0 saturated heterocycles. The van der Waals surface area contributed by atoms with E-state index in [1.807, 2.05) is 25.2 Å². The average molecular weight is 795 g/mol. The van der Waals surface area contributed by atoms with Gasteiger partial charge in [0.1, 0.15) is 0 Å². The summed E-state index contributed by atoms with van der Waals surface area (Å²) in [5, 5.41) is 4.88. The van der Waals surface area contributed by atoms with Gasteiger partial charge in [-0.05, 0) is 142 Å². The Morgan fingerprint density at radius 1 is 0.387 bits per heavy atom. The van der Waals surface area contributed by atoms with Gasteiger partial charge in [-0.3, -0.25) is 0 Å². The molecule has 2 aromatic heterocycles. The zero-order valence-electron chi connectivity index (χ0n) is 35.1. The average Bonchev–Trinajstić information content (AvgIpc) is 3.85. The highest BCUT2D eigenvalue weighted by molar-refractivity contribution is 6.13. The summed E-state index contributed by atoms with van der Waals surface area (Å²) in [5.41, 5.74) is 18.4. The normalized spacial score (nSPS) is 12.3. The van der Waals surface area contributed by atoms with E-state index in [-0.39, 0.29) is 0 Å². The lowest BCUT2D eigenvalue weighted by molar-refractivity contribution is 1.17. The van der Waals surface area contributed by atoms with Gasteiger partial charge in [0.25, 0.3) is 0 Å². The van der Waals surface area contributed by atoms with Gasteiger partial charge in [0.05, 0.1) is 22.1 Å². The van der Waals surface area contributed by atoms with Gasteiger partial charge in [-0.25, -0.2) is 0 Å². The summed E-state index contributed by atoms with van der Waals surface area (Å²) in [6.45, 7) is 12.4. The van der Waals surface area contributed by atoms with Crippen LogP contribution < -0.4 is 0 Å². The lowest BCUT2D eigenvalue weighted by atomic mass is 9.97. The Labute approximate surface area is 363 Å². The molecule has 10 rings (SSSR count). The maximum atomic E-state index is 4.17. The fraction of sp³-hybridized carbons (Fsp3) is 0.0333. The van der Waals surface area contributed by atoms with Crippen molar-refractivity contribution in [1.82, 2.24) is 9.13 Å². The summed E-state index contributed by atoms with van der Waals surface area (Å²) in [7, 11) is 0. The zero-order chi connectivity index (χ0) is 42.2. The van der Waals surface area contributed by atoms with Crippen LogP contribution in [0, 0.1) is 0 Å². The SMILES string of the molecule is C=C/C(=C\C)c1cc(/C(C=C)=C/C=C\C)cc(-n2c3ccccc3c3cc(-c4ccc5c(c4)c4ccccc4n5-c4cc(-c5ccccc5)cc(-c5ccccc5)c4)ccc32)c1. The second kappa shape index (κ2) is 16.3. The van der Waals surface area contributed by atoms with E-state index in [9.17, 15) is 0 Å². The summed E-state index contributed by atoms with van der Waals surface area (Å²) >= 11 is 0. The van der Waals surface area contributed by atoms with E-state index < -0.39 is 0 Å². The molecule has 0 unspecified atom stereocenters. The van der Waals surface area contributed by atoms with E-state index in [1.54, 1.807) is 0 Å². The predicted molar refractivity (Wildman–Crippen MR) is 268 cm³/mol. The zero-order valence-corrected chi connectivity index (χ0v) is 35.1. The van der Waals surface area contributed by atoms with Crippen LogP contribution in [0.1, 0.15) is 25.0 Å². The Balaban J connectivity index is 1.14. The molecular weight excluding hydrogens is 749 g/mol. The highest BCUT2D eigenvalue weighted by Crippen LogP contribution is 2.40. The topological polar surface area (TPSA) is 9.86 Å². The molecule has 2 heteroatoms. The van der Waals surface area contributed by atoms with Crippen molar-refractivity contribution in [1.29, 1.82) is 0 Å². The largest absolute Gasteiger partial charge is 0.309 e. The number of hydrogen-bond donors (Lipinski definition) is 0. The molecule has 2 heterocycles. The van der Waals surface area contributed by atoms with E-state index in [0.717, 1.165) is 44.7 Å². The Morgan fingerprint density at radius 2 is 0.839 bits per heavy atom. The van der Waals surface area contributed by atoms with Crippen LogP contribution in [0.25, 0.3) is 99.5 Å². The Morgan fingerprint density at radius 3 is 1.32 bits per heavy atom. The van der Waals surface area contributed by atoms with Gasteiger partial charge >= 0.3 is 0 Å². The minimum atomic E-state index is 1.06. The van der Waals surface area contributed by atoms with Gasteiger partial charge < -0.3 is 9.13 Å². The van der Waals surface area contributed by atoms with Gasteiger partial charge in [0, 0.05) is 32.9 Å². The lowest BCUT2D eigenvalue weighted by Gasteiger charge is -2.15. The highest BCUT2D eigenvalue weighted by Gasteiger charge is 2.18. The molecule has 0 bridgehead atoms. The third-order valence-corrected chi connectivity index (χ3v) is 12.1. The quantitative estimate of drug-likeness (QED) is 0.122. The summed E-state index contributed by atoms with van der Waals surface area (Å²) in [6, 6.07) is 66.6. The molecule has 0 N–H and O–H groups in total. The number of hydrogen-bond acceptors (Lipinski definition) is 0. The van der Waals surface area contributed by atoms with Crippen molar-refractivity contribution in [3.63, 3.8) is 0 Å². The highest BCUT2D eigenvalue weighted by atomic mass is 15.0. The van der Waals surface area contributed by atoms with Gasteiger partial charge in [-0.1, -0.05) is 159 Å². The standard InChI is InChI=1S/C60H46N2/c1-5-9-20-42(8-4)48-33-47(41(6-2)7-3)35-51(36-48)61-57-27-18-16-25-53(57)55-39-45(29-31-59(55)61)46-30-32-60-56(40-46)54-26-17-19-28-58(54)62(60)52-37-49(43-21-12-10-13-22-43)34-50(38-52)44-23-14-11-15-24-44/h5-40H,2,4H2,1,3H3/b9-5-,41-7+,42-20+. The molecule has 0 radical (unpaired) electrons. The van der Waals surface area contributed by atoms with Crippen molar-refractivity contribution >= 4 is 54.8 Å². The first-order chi connectivity index (χ1) is 30.6. The second-order valence-electron chi connectivity index (χ2n) is 15.7. The van der Waals surface area contributed by atoms with E-state index in [2.05, 4.69) is 229 Å². The molecule has 0 atom stereocenters. The van der Waals surface area contributed by atoms with Crippen LogP contribution in [-0.4, -0.2) is 9.13 Å². The summed E-state index contributed by atoms with van der Waals surface area (Å²) in [6.07, 6.45) is 12.2. The maximum Gasteiger partial charge on any atom is 0.0541 e. The molecule has 296 valence electrons. The number of allylic oxidation sites excluding steroid dienone is 8. The van der Waals surface area contributed by atoms with Gasteiger partial charge in [0.2, 0.25) is 0 Å². The summed E-state index contributed by atoms with van der Waals surface area (Å²) in [5.74, 6) is 0. The Hall–Kier alpha value is -7.94. The first-order valence-electron chi connectivity index (χ1n) is 21.3. The smallest absolute Gasteiger partial charge is 0.0541 e. The van der Waals surface area contributed by atoms with E-state index in [1.165, 1.54) is 66.0 Å². The maximum absolute atomic E-state index is 4.17. The number of benzene rings is 8. The van der Waals surface area contributed by atoms with Crippen molar-refractivity contribution in [2.24, 2.45) is 0 Å². The van der Waals surface area contributed by atoms with E-state index in [0.29, 0.717) is 0 Å². The van der Waals surface area contributed by atoms with Crippen molar-refractivity contribution in [3.8, 4) is 44.8 Å². The Kier molecular flexibility index (Phi) is 10.0. The number of nitrogens with zero attached hydrogens (tertiary/aromatic N) is 2. The molecule has 0 aliphatic carbocycles. The molecule has 2 nitrogen and oxygen atoms in total. The van der Waals surface area contributed by atoms with Crippen LogP contribution in [0.15, 0.2) is 232 Å². The van der Waals surface area contributed by atoms with E-state index >= 15 is 0 Å². The van der Waals surface area contributed by atoms with Crippen molar-refractivity contribution in [3.05, 3.63) is 243 Å². The number of para-hydroxylation sites is 2. The Bertz CT molecular complexity index is 3380. The minimum Gasteiger partial charge on any atom is -0.309 e. The van der Waals surface area contributed by atoms with Crippen LogP contribution >= 0.6 is 0 Å². The van der Waals surface area contributed by atoms with E-state index in [4.69, 9.17) is 0 Å². The fourth-order valence-corrected chi connectivity index (χ4v) is 9.15. The molecule has 62 heavy (non-hydrogen) atoms. The molecule has 0 aliphatic heterocycles. The first-order valence-corrected chi connectivity index (χ1v) is 21.3. The minimum absolute atomic E-state index is 1.06. The van der Waals surface area contributed by atoms with Crippen LogP contribution in [0.4, 0.5) is 0 Å². The van der Waals surface area contributed by atoms with Gasteiger partial charge in [-0.15, -0.1) is 0 Å². The number of rotatable bonds is 10. The number of fused-ring (bicyclic) bond motifs is 6. The summed E-state index contributed by atoms with van der Waals surface area (Å²) in [4.78, 5) is 0. The van der Waals surface area contributed by atoms with Gasteiger partial charge in [0.15, 0.2) is 0 Å². The fourth-order valence-electron chi connectivity index (χ4n) is 9.15. The molecule has 0 saturated carbocycles. The van der Waals surface area contributed by atoms with Crippen molar-refractivity contribution in [2.45, 2.75) is 13.8 Å². The number of aromatic nitrogens is 2. The molecular formula is C60H46N2. The van der Waals surface area contributed by atoms with Gasteiger partial charge in [-0.2, -0.15) is 0 Å². The van der Waals surface area contributed by atoms with Crippen LogP contribution in [0.3, 0.4) is 0 Å². The summed E-state index contributed by atoms with van der Waals surface area (Å²) < 4.78 is 4.84. The van der Waals surface area contributed by atoms with Crippen LogP contribution in [0.2, 0.25) is 0 Å². The van der Waals surface area contributed by atoms with Crippen molar-refractivity contribution < 1.29 is 0 Å².